The van der Waals surface area contributed by atoms with E-state index in [9.17, 15) is 5.26 Å². The van der Waals surface area contributed by atoms with Gasteiger partial charge in [0.05, 0.1) is 27.2 Å². The van der Waals surface area contributed by atoms with E-state index in [-0.39, 0.29) is 0 Å². The zero-order valence-electron chi connectivity index (χ0n) is 19.4. The Bertz CT molecular complexity index is 1470. The van der Waals surface area contributed by atoms with Gasteiger partial charge in [-0.05, 0) is 54.6 Å². The van der Waals surface area contributed by atoms with Gasteiger partial charge in [0.15, 0.2) is 0 Å². The molecule has 172 valence electrons. The molecule has 35 heavy (non-hydrogen) atoms. The molecular weight excluding hydrogens is 468 g/mol. The van der Waals surface area contributed by atoms with Crippen molar-refractivity contribution in [1.29, 1.82) is 5.26 Å². The van der Waals surface area contributed by atoms with Crippen molar-refractivity contribution in [3.05, 3.63) is 95.6 Å². The number of nitrogens with zero attached hydrogens (tertiary/aromatic N) is 4. The fraction of sp³-hybridized carbons (Fsp3) is 0.138. The number of hydrogen-bond donors (Lipinski definition) is 0. The van der Waals surface area contributed by atoms with E-state index in [0.717, 1.165) is 43.5 Å². The Hall–Kier alpha value is -3.66. The number of aromatic nitrogens is 3. The number of thiazole rings is 1. The topological polar surface area (TPSA) is 54.5 Å². The summed E-state index contributed by atoms with van der Waals surface area (Å²) in [5.41, 5.74) is 5.16. The highest BCUT2D eigenvalue weighted by Gasteiger charge is 2.15. The first-order chi connectivity index (χ1) is 17.2. The van der Waals surface area contributed by atoms with Crippen LogP contribution >= 0.6 is 23.1 Å². The largest absolute Gasteiger partial charge is 0.240 e. The predicted octanol–water partition coefficient (Wildman–Crippen LogP) is 8.11. The summed E-state index contributed by atoms with van der Waals surface area (Å²) in [5.74, 6) is 1.13. The molecule has 0 N–H and O–H groups in total. The molecule has 0 fully saturated rings. The van der Waals surface area contributed by atoms with Gasteiger partial charge >= 0.3 is 0 Å². The molecule has 4 nitrogen and oxygen atoms in total. The van der Waals surface area contributed by atoms with E-state index in [1.165, 1.54) is 29.1 Å². The number of allylic oxidation sites excluding steroid dienone is 1. The first-order valence-electron chi connectivity index (χ1n) is 11.6. The molecule has 0 aliphatic heterocycles. The summed E-state index contributed by atoms with van der Waals surface area (Å²) in [6.45, 7) is 2.21. The molecule has 0 saturated carbocycles. The number of rotatable bonds is 8. The van der Waals surface area contributed by atoms with Crippen molar-refractivity contribution >= 4 is 45.0 Å². The minimum Gasteiger partial charge on any atom is -0.240 e. The third-order valence-corrected chi connectivity index (χ3v) is 7.77. The number of para-hydroxylation sites is 2. The fourth-order valence-corrected chi connectivity index (χ4v) is 5.69. The van der Waals surface area contributed by atoms with Crippen LogP contribution < -0.4 is 0 Å². The van der Waals surface area contributed by atoms with Crippen LogP contribution in [0.1, 0.15) is 30.3 Å². The SMILES string of the molecule is CCCCSc1ccc(-c2nn(-c3ccccc3)cc2C=C(C#N)c2nc3ccccc3s2)cc1. The molecule has 0 radical (unpaired) electrons. The molecule has 0 bridgehead atoms. The van der Waals surface area contributed by atoms with Gasteiger partial charge in [-0.3, -0.25) is 0 Å². The summed E-state index contributed by atoms with van der Waals surface area (Å²) >= 11 is 3.41. The number of fused-ring (bicyclic) bond motifs is 1. The van der Waals surface area contributed by atoms with Crippen LogP contribution in [0.5, 0.6) is 0 Å². The minimum atomic E-state index is 0.534. The molecule has 0 spiro atoms. The molecule has 0 aliphatic rings. The molecule has 0 aliphatic carbocycles. The molecule has 0 unspecified atom stereocenters. The Labute approximate surface area is 213 Å². The van der Waals surface area contributed by atoms with Gasteiger partial charge in [-0.1, -0.05) is 55.8 Å². The highest BCUT2D eigenvalue weighted by molar-refractivity contribution is 7.99. The normalized spacial score (nSPS) is 11.6. The average Bonchev–Trinajstić information content (AvgIpc) is 3.53. The maximum Gasteiger partial charge on any atom is 0.135 e. The van der Waals surface area contributed by atoms with E-state index in [2.05, 4.69) is 37.3 Å². The van der Waals surface area contributed by atoms with Crippen molar-refractivity contribution in [1.82, 2.24) is 14.8 Å². The average molecular weight is 493 g/mol. The second-order valence-corrected chi connectivity index (χ2v) is 10.3. The second kappa shape index (κ2) is 10.7. The summed E-state index contributed by atoms with van der Waals surface area (Å²) in [5, 5.41) is 15.6. The number of benzene rings is 3. The molecule has 5 aromatic rings. The van der Waals surface area contributed by atoms with Crippen LogP contribution in [0, 0.1) is 11.3 Å². The first-order valence-corrected chi connectivity index (χ1v) is 13.4. The third-order valence-electron chi connectivity index (χ3n) is 5.60. The van der Waals surface area contributed by atoms with E-state index >= 15 is 0 Å². The molecule has 6 heteroatoms. The van der Waals surface area contributed by atoms with Crippen molar-refractivity contribution < 1.29 is 0 Å². The summed E-state index contributed by atoms with van der Waals surface area (Å²) in [6, 6.07) is 28.9. The van der Waals surface area contributed by atoms with E-state index in [1.807, 2.05) is 83.3 Å². The van der Waals surface area contributed by atoms with Crippen molar-refractivity contribution in [2.45, 2.75) is 24.7 Å². The van der Waals surface area contributed by atoms with Crippen LogP contribution in [0.2, 0.25) is 0 Å². The first kappa shape index (κ1) is 23.1. The predicted molar refractivity (Wildman–Crippen MR) is 148 cm³/mol. The van der Waals surface area contributed by atoms with Crippen molar-refractivity contribution in [3.63, 3.8) is 0 Å². The standard InChI is InChI=1S/C29H24N4S2/c1-2-3-17-34-25-15-13-21(14-16-25)28-23(20-33(32-28)24-9-5-4-6-10-24)18-22(19-30)29-31-26-11-7-8-12-27(26)35-29/h4-16,18,20H,2-3,17H2,1H3. The number of thioether (sulfide) groups is 1. The molecule has 0 saturated heterocycles. The lowest BCUT2D eigenvalue weighted by Crippen LogP contribution is -1.94. The Morgan fingerprint density at radius 2 is 1.80 bits per heavy atom. The van der Waals surface area contributed by atoms with Gasteiger partial charge in [-0.15, -0.1) is 23.1 Å². The summed E-state index contributed by atoms with van der Waals surface area (Å²) in [6.07, 6.45) is 6.31. The minimum absolute atomic E-state index is 0.534. The van der Waals surface area contributed by atoms with E-state index in [1.54, 1.807) is 0 Å². The Morgan fingerprint density at radius 1 is 1.03 bits per heavy atom. The number of nitriles is 1. The summed E-state index contributed by atoms with van der Waals surface area (Å²) in [7, 11) is 0. The lowest BCUT2D eigenvalue weighted by molar-refractivity contribution is 0.884. The molecule has 0 atom stereocenters. The van der Waals surface area contributed by atoms with E-state index in [0.29, 0.717) is 5.57 Å². The van der Waals surface area contributed by atoms with Crippen LogP contribution in [0.15, 0.2) is 90.0 Å². The third kappa shape index (κ3) is 5.22. The molecule has 5 rings (SSSR count). The van der Waals surface area contributed by atoms with Crippen LogP contribution in [-0.2, 0) is 0 Å². The molecule has 0 amide bonds. The summed E-state index contributed by atoms with van der Waals surface area (Å²) < 4.78 is 2.94. The zero-order valence-corrected chi connectivity index (χ0v) is 21.0. The van der Waals surface area contributed by atoms with E-state index in [4.69, 9.17) is 10.1 Å². The van der Waals surface area contributed by atoms with E-state index < -0.39 is 0 Å². The number of unbranched alkanes of at least 4 members (excludes halogenated alkanes) is 1. The monoisotopic (exact) mass is 492 g/mol. The van der Waals surface area contributed by atoms with Crippen molar-refractivity contribution in [2.75, 3.05) is 5.75 Å². The highest BCUT2D eigenvalue weighted by Crippen LogP contribution is 2.32. The van der Waals surface area contributed by atoms with Crippen LogP contribution in [0.4, 0.5) is 0 Å². The van der Waals surface area contributed by atoms with Crippen LogP contribution in [0.3, 0.4) is 0 Å². The van der Waals surface area contributed by atoms with Gasteiger partial charge < -0.3 is 0 Å². The van der Waals surface area contributed by atoms with Crippen molar-refractivity contribution in [3.8, 4) is 23.0 Å². The molecule has 3 aromatic carbocycles. The Morgan fingerprint density at radius 3 is 2.54 bits per heavy atom. The molecule has 2 heterocycles. The van der Waals surface area contributed by atoms with Gasteiger partial charge in [0, 0.05) is 22.2 Å². The van der Waals surface area contributed by atoms with Gasteiger partial charge in [0.2, 0.25) is 0 Å². The fourth-order valence-electron chi connectivity index (χ4n) is 3.76. The maximum atomic E-state index is 10.0. The maximum absolute atomic E-state index is 10.0. The quantitative estimate of drug-likeness (QED) is 0.125. The highest BCUT2D eigenvalue weighted by atomic mass is 32.2. The Kier molecular flexibility index (Phi) is 7.08. The van der Waals surface area contributed by atoms with Gasteiger partial charge in [0.25, 0.3) is 0 Å². The molecular formula is C29H24N4S2. The van der Waals surface area contributed by atoms with Crippen molar-refractivity contribution in [2.24, 2.45) is 0 Å². The van der Waals surface area contributed by atoms with Gasteiger partial charge in [-0.2, -0.15) is 10.4 Å². The zero-order chi connectivity index (χ0) is 24.0. The second-order valence-electron chi connectivity index (χ2n) is 8.10. The lowest BCUT2D eigenvalue weighted by atomic mass is 10.1. The lowest BCUT2D eigenvalue weighted by Gasteiger charge is -2.04. The Balaban J connectivity index is 1.56. The van der Waals surface area contributed by atoms with Crippen LogP contribution in [0.25, 0.3) is 38.8 Å². The van der Waals surface area contributed by atoms with Gasteiger partial charge in [-0.25, -0.2) is 9.67 Å². The smallest absolute Gasteiger partial charge is 0.135 e. The van der Waals surface area contributed by atoms with Crippen LogP contribution in [-0.4, -0.2) is 20.5 Å². The summed E-state index contributed by atoms with van der Waals surface area (Å²) in [4.78, 5) is 5.95. The van der Waals surface area contributed by atoms with Gasteiger partial charge in [0.1, 0.15) is 11.1 Å². The molecule has 2 aromatic heterocycles. The number of hydrogen-bond acceptors (Lipinski definition) is 5.